The van der Waals surface area contributed by atoms with Gasteiger partial charge >= 0.3 is 11.9 Å². The van der Waals surface area contributed by atoms with Crippen LogP contribution in [0.15, 0.2) is 35.7 Å². The normalized spacial score (nSPS) is 35.9. The van der Waals surface area contributed by atoms with E-state index >= 15 is 0 Å². The van der Waals surface area contributed by atoms with Crippen LogP contribution in [0.25, 0.3) is 0 Å². The van der Waals surface area contributed by atoms with E-state index < -0.39 is 17.4 Å². The van der Waals surface area contributed by atoms with Crippen LogP contribution in [-0.4, -0.2) is 77.4 Å². The van der Waals surface area contributed by atoms with Crippen LogP contribution in [0, 0.1) is 62.6 Å². The van der Waals surface area contributed by atoms with Crippen LogP contribution in [0.1, 0.15) is 145 Å². The fourth-order valence-electron chi connectivity index (χ4n) is 13.8. The molecule has 0 aromatic carbocycles. The first-order chi connectivity index (χ1) is 26.1. The summed E-state index contributed by atoms with van der Waals surface area (Å²) in [6.45, 7) is 25.3. The number of rotatable bonds is 13. The Morgan fingerprint density at radius 3 is 2.25 bits per heavy atom. The second-order valence-electron chi connectivity index (χ2n) is 21.5. The number of allylic oxidation sites excluding steroid dienone is 2. The van der Waals surface area contributed by atoms with Crippen LogP contribution in [0.4, 0.5) is 0 Å². The molecule has 10 atom stereocenters. The van der Waals surface area contributed by atoms with Gasteiger partial charge in [0.25, 0.3) is 0 Å². The summed E-state index contributed by atoms with van der Waals surface area (Å²) < 4.78 is 6.20. The monoisotopic (exact) mass is 774 g/mol. The zero-order chi connectivity index (χ0) is 41.2. The van der Waals surface area contributed by atoms with Crippen LogP contribution in [0.2, 0.25) is 0 Å². The highest BCUT2D eigenvalue weighted by Gasteiger charge is 2.69. The Balaban J connectivity index is 1.22. The molecule has 1 aromatic heterocycles. The number of hydrogen-bond donors (Lipinski definition) is 1. The smallest absolute Gasteiger partial charge is 0.309 e. The van der Waals surface area contributed by atoms with Gasteiger partial charge in [0, 0.05) is 42.9 Å². The number of Topliss-reactive ketones (excluding diaryl/α,β-unsaturated/α-hetero) is 1. The third kappa shape index (κ3) is 7.23. The Morgan fingerprint density at radius 2 is 1.62 bits per heavy atom. The van der Waals surface area contributed by atoms with Gasteiger partial charge in [0.1, 0.15) is 6.10 Å². The molecule has 1 unspecified atom stereocenters. The maximum atomic E-state index is 14.7. The Hall–Kier alpha value is -2.58. The maximum absolute atomic E-state index is 14.7. The number of esters is 1. The number of fused-ring (bicyclic) bond motifs is 7. The molecule has 4 saturated carbocycles. The lowest BCUT2D eigenvalue weighted by Crippen LogP contribution is -2.65. The second kappa shape index (κ2) is 15.5. The van der Waals surface area contributed by atoms with Gasteiger partial charge in [-0.25, -0.2) is 0 Å². The third-order valence-electron chi connectivity index (χ3n) is 17.2. The van der Waals surface area contributed by atoms with Crippen molar-refractivity contribution in [3.8, 4) is 0 Å². The molecule has 5 aliphatic rings. The minimum atomic E-state index is -1.15. The number of ketones is 1. The van der Waals surface area contributed by atoms with E-state index in [1.807, 2.05) is 18.5 Å². The zero-order valence-electron chi connectivity index (χ0n) is 37.0. The van der Waals surface area contributed by atoms with Gasteiger partial charge in [-0.3, -0.25) is 24.3 Å². The number of pyridine rings is 1. The summed E-state index contributed by atoms with van der Waals surface area (Å²) in [5.41, 5.74) is 2.98. The van der Waals surface area contributed by atoms with Crippen molar-refractivity contribution >= 4 is 17.7 Å². The summed E-state index contributed by atoms with van der Waals surface area (Å²) in [6.07, 6.45) is 13.1. The minimum absolute atomic E-state index is 0.0635. The van der Waals surface area contributed by atoms with Crippen molar-refractivity contribution in [2.75, 3.05) is 33.7 Å². The SMILES string of the molecule is CC(C)C1=C2C(CC[C@]3(C)[C@@H]2CC[C@@H]2[C@@]4(C)CC[C@H](OC(=O)CC(C)(C)C(=O)O)C(C)(C)[C@@H]4CC[C@]23C)[C@H](CCN(CCN(C)C)[C@@H](C)c2cccnc2)C1=O. The van der Waals surface area contributed by atoms with Crippen LogP contribution >= 0.6 is 0 Å². The molecule has 0 aliphatic heterocycles. The molecule has 0 radical (unpaired) electrons. The summed E-state index contributed by atoms with van der Waals surface area (Å²) in [6, 6.07) is 4.44. The Kier molecular flexibility index (Phi) is 11.9. The highest BCUT2D eigenvalue weighted by atomic mass is 16.5. The number of carboxylic acids is 1. The summed E-state index contributed by atoms with van der Waals surface area (Å²) in [5.74, 6) is 1.12. The summed E-state index contributed by atoms with van der Waals surface area (Å²) in [7, 11) is 4.27. The van der Waals surface area contributed by atoms with E-state index in [0.717, 1.165) is 64.6 Å². The molecular formula is C48H75N3O5. The van der Waals surface area contributed by atoms with E-state index in [4.69, 9.17) is 4.74 Å². The topological polar surface area (TPSA) is 100 Å². The molecule has 5 aliphatic carbocycles. The van der Waals surface area contributed by atoms with E-state index in [1.165, 1.54) is 24.0 Å². The first kappa shape index (κ1) is 43.0. The highest BCUT2D eigenvalue weighted by molar-refractivity contribution is 6.01. The predicted octanol–water partition coefficient (Wildman–Crippen LogP) is 9.65. The van der Waals surface area contributed by atoms with Crippen molar-refractivity contribution in [3.05, 3.63) is 41.2 Å². The van der Waals surface area contributed by atoms with Crippen LogP contribution in [-0.2, 0) is 19.1 Å². The first-order valence-corrected chi connectivity index (χ1v) is 22.1. The van der Waals surface area contributed by atoms with Crippen molar-refractivity contribution in [1.82, 2.24) is 14.8 Å². The fraction of sp³-hybridized carbons (Fsp3) is 0.792. The second-order valence-corrected chi connectivity index (χ2v) is 21.5. The minimum Gasteiger partial charge on any atom is -0.481 e. The quantitative estimate of drug-likeness (QED) is 0.198. The largest absolute Gasteiger partial charge is 0.481 e. The molecule has 0 bridgehead atoms. The molecule has 56 heavy (non-hydrogen) atoms. The summed E-state index contributed by atoms with van der Waals surface area (Å²) >= 11 is 0. The van der Waals surface area contributed by atoms with Crippen molar-refractivity contribution in [2.24, 2.45) is 62.6 Å². The molecule has 8 nitrogen and oxygen atoms in total. The third-order valence-corrected chi connectivity index (χ3v) is 17.2. The van der Waals surface area contributed by atoms with Gasteiger partial charge < -0.3 is 14.7 Å². The number of likely N-dealkylation sites (N-methyl/N-ethyl adjacent to an activating group) is 1. The Morgan fingerprint density at radius 1 is 0.929 bits per heavy atom. The fourth-order valence-corrected chi connectivity index (χ4v) is 13.8. The molecule has 0 saturated heterocycles. The van der Waals surface area contributed by atoms with Crippen LogP contribution < -0.4 is 0 Å². The van der Waals surface area contributed by atoms with Crippen molar-refractivity contribution in [1.29, 1.82) is 0 Å². The lowest BCUT2D eigenvalue weighted by Gasteiger charge is -2.71. The number of aromatic nitrogens is 1. The molecule has 1 heterocycles. The summed E-state index contributed by atoms with van der Waals surface area (Å²) in [5, 5.41) is 9.64. The zero-order valence-corrected chi connectivity index (χ0v) is 37.0. The number of hydrogen-bond acceptors (Lipinski definition) is 7. The number of aliphatic carboxylic acids is 1. The van der Waals surface area contributed by atoms with Gasteiger partial charge in [0.15, 0.2) is 5.78 Å². The van der Waals surface area contributed by atoms with Crippen molar-refractivity contribution in [3.63, 3.8) is 0 Å². The van der Waals surface area contributed by atoms with Gasteiger partial charge in [-0.05, 0) is 162 Å². The molecule has 4 fully saturated rings. The van der Waals surface area contributed by atoms with E-state index in [0.29, 0.717) is 29.5 Å². The Labute approximate surface area is 339 Å². The molecule has 312 valence electrons. The number of ether oxygens (including phenoxy) is 1. The average molecular weight is 774 g/mol. The number of carbonyl (C=O) groups is 3. The Bertz CT molecular complexity index is 1670. The summed E-state index contributed by atoms with van der Waals surface area (Å²) in [4.78, 5) is 48.9. The van der Waals surface area contributed by atoms with E-state index in [2.05, 4.69) is 90.3 Å². The molecule has 1 aromatic rings. The highest BCUT2D eigenvalue weighted by Crippen LogP contribution is 2.76. The van der Waals surface area contributed by atoms with E-state index in [-0.39, 0.29) is 52.1 Å². The van der Waals surface area contributed by atoms with E-state index in [9.17, 15) is 19.5 Å². The number of carbonyl (C=O) groups excluding carboxylic acids is 2. The standard InChI is InChI=1S/C48H75N3O5/c1-30(2)40-41-33(34(42(40)53)20-25-51(27-26-50(11)12)31(3)32-14-13-24-49-29-32)17-22-47(9)35(41)15-16-37-46(8)21-19-38(56-39(52)28-44(4,5)43(54)55)45(6,7)36(46)18-23-48(37,47)10/h13-14,24,29-31,33-38H,15-23,25-28H2,1-12H3,(H,54,55)/t31-,33?,34-,35+,36-,37+,38-,46-,47+,48+/m0/s1. The van der Waals surface area contributed by atoms with Crippen LogP contribution in [0.3, 0.4) is 0 Å². The van der Waals surface area contributed by atoms with Gasteiger partial charge in [-0.15, -0.1) is 0 Å². The maximum Gasteiger partial charge on any atom is 0.309 e. The van der Waals surface area contributed by atoms with Gasteiger partial charge in [-0.1, -0.05) is 60.1 Å². The van der Waals surface area contributed by atoms with Gasteiger partial charge in [0.2, 0.25) is 0 Å². The van der Waals surface area contributed by atoms with E-state index in [1.54, 1.807) is 19.4 Å². The average Bonchev–Trinajstić information content (AvgIpc) is 3.40. The molecule has 0 spiro atoms. The molecular weight excluding hydrogens is 699 g/mol. The molecule has 6 rings (SSSR count). The molecule has 1 N–H and O–H groups in total. The molecule has 0 amide bonds. The first-order valence-electron chi connectivity index (χ1n) is 22.1. The number of nitrogens with zero attached hydrogens (tertiary/aromatic N) is 3. The predicted molar refractivity (Wildman–Crippen MR) is 223 cm³/mol. The van der Waals surface area contributed by atoms with Crippen molar-refractivity contribution < 1.29 is 24.2 Å². The lowest BCUT2D eigenvalue weighted by atomic mass is 9.33. The number of carboxylic acid groups (broad SMARTS) is 1. The molecule has 8 heteroatoms. The van der Waals surface area contributed by atoms with Gasteiger partial charge in [-0.2, -0.15) is 0 Å². The van der Waals surface area contributed by atoms with Crippen molar-refractivity contribution in [2.45, 2.75) is 146 Å². The lowest BCUT2D eigenvalue weighted by molar-refractivity contribution is -0.232. The van der Waals surface area contributed by atoms with Gasteiger partial charge in [0.05, 0.1) is 11.8 Å². The van der Waals surface area contributed by atoms with Crippen LogP contribution in [0.5, 0.6) is 0 Å².